The van der Waals surface area contributed by atoms with Crippen LogP contribution in [-0.4, -0.2) is 50.8 Å². The maximum Gasteiger partial charge on any atom is 0.416 e. The second kappa shape index (κ2) is 12.9. The minimum absolute atomic E-state index is 0.0787. The number of nitrogens with one attached hydrogen (secondary N) is 1. The Hall–Kier alpha value is -3.72. The fourth-order valence-electron chi connectivity index (χ4n) is 5.83. The zero-order valence-corrected chi connectivity index (χ0v) is 23.3. The van der Waals surface area contributed by atoms with Crippen molar-refractivity contribution < 1.29 is 18.0 Å². The molecule has 1 saturated carbocycles. The van der Waals surface area contributed by atoms with Gasteiger partial charge in [0.15, 0.2) is 0 Å². The molecule has 6 nitrogen and oxygen atoms in total. The number of likely N-dealkylation sites (tertiary alicyclic amines) is 1. The van der Waals surface area contributed by atoms with Gasteiger partial charge in [0.2, 0.25) is 5.91 Å². The van der Waals surface area contributed by atoms with Crippen molar-refractivity contribution in [1.82, 2.24) is 19.8 Å². The SMILES string of the molecule is Cc1cc(Nc2ccc(CN(C(=O)/C=C/c3ccc(C(F)(F)F)cc3)C3CCN(C4CCCC4)CC3)cn2)ccn1. The molecule has 216 valence electrons. The Morgan fingerprint density at radius 3 is 2.39 bits per heavy atom. The van der Waals surface area contributed by atoms with Crippen LogP contribution >= 0.6 is 0 Å². The number of hydrogen-bond donors (Lipinski definition) is 1. The molecule has 1 aromatic carbocycles. The highest BCUT2D eigenvalue weighted by Crippen LogP contribution is 2.30. The molecule has 0 bridgehead atoms. The molecule has 0 unspecified atom stereocenters. The maximum absolute atomic E-state index is 13.5. The standard InChI is InChI=1S/C32H36F3N5O/c1-23-20-27(14-17-36-23)38-30-12-8-25(21-37-30)22-40(29-15-18-39(19-16-29)28-4-2-3-5-28)31(41)13-9-24-6-10-26(11-7-24)32(33,34)35/h6-14,17,20-21,28-29H,2-5,15-16,18-19,22H2,1H3,(H,36,37,38)/b13-9+. The van der Waals surface area contributed by atoms with Crippen molar-refractivity contribution >= 4 is 23.5 Å². The first-order valence-corrected chi connectivity index (χ1v) is 14.3. The summed E-state index contributed by atoms with van der Waals surface area (Å²) in [5.74, 6) is 0.544. The summed E-state index contributed by atoms with van der Waals surface area (Å²) in [7, 11) is 0. The highest BCUT2D eigenvalue weighted by Gasteiger charge is 2.32. The van der Waals surface area contributed by atoms with E-state index in [1.54, 1.807) is 18.5 Å². The third-order valence-electron chi connectivity index (χ3n) is 8.07. The summed E-state index contributed by atoms with van der Waals surface area (Å²) in [4.78, 5) is 26.8. The number of piperidine rings is 1. The Bertz CT molecular complexity index is 1330. The van der Waals surface area contributed by atoms with E-state index >= 15 is 0 Å². The van der Waals surface area contributed by atoms with Crippen molar-refractivity contribution in [2.24, 2.45) is 0 Å². The topological polar surface area (TPSA) is 61.4 Å². The van der Waals surface area contributed by atoms with Crippen LogP contribution in [0, 0.1) is 6.92 Å². The third-order valence-corrected chi connectivity index (χ3v) is 8.07. The largest absolute Gasteiger partial charge is 0.416 e. The lowest BCUT2D eigenvalue weighted by atomic mass is 10.00. The average Bonchev–Trinajstić information content (AvgIpc) is 3.51. The normalized spacial score (nSPS) is 17.3. The number of carbonyl (C=O) groups excluding carboxylic acids is 1. The van der Waals surface area contributed by atoms with E-state index in [4.69, 9.17) is 0 Å². The van der Waals surface area contributed by atoms with E-state index in [0.717, 1.165) is 55.0 Å². The molecule has 5 rings (SSSR count). The molecule has 2 fully saturated rings. The van der Waals surface area contributed by atoms with Crippen molar-refractivity contribution in [1.29, 1.82) is 0 Å². The van der Waals surface area contributed by atoms with Crippen LogP contribution in [0.1, 0.15) is 60.9 Å². The van der Waals surface area contributed by atoms with Crippen LogP contribution in [0.3, 0.4) is 0 Å². The lowest BCUT2D eigenvalue weighted by molar-refractivity contribution is -0.137. The van der Waals surface area contributed by atoms with Gasteiger partial charge in [0, 0.05) is 61.6 Å². The number of aryl methyl sites for hydroxylation is 1. The van der Waals surface area contributed by atoms with Crippen molar-refractivity contribution in [3.8, 4) is 0 Å². The van der Waals surface area contributed by atoms with Gasteiger partial charge in [-0.2, -0.15) is 13.2 Å². The predicted molar refractivity (Wildman–Crippen MR) is 154 cm³/mol. The maximum atomic E-state index is 13.5. The Morgan fingerprint density at radius 2 is 1.76 bits per heavy atom. The summed E-state index contributed by atoms with van der Waals surface area (Å²) in [5.41, 5.74) is 2.56. The van der Waals surface area contributed by atoms with Crippen LogP contribution in [0.25, 0.3) is 6.08 Å². The molecule has 1 saturated heterocycles. The summed E-state index contributed by atoms with van der Waals surface area (Å²) in [6.07, 6.45) is 9.09. The van der Waals surface area contributed by atoms with Crippen LogP contribution in [-0.2, 0) is 17.5 Å². The lowest BCUT2D eigenvalue weighted by Crippen LogP contribution is -2.48. The van der Waals surface area contributed by atoms with Gasteiger partial charge in [-0.25, -0.2) is 4.98 Å². The summed E-state index contributed by atoms with van der Waals surface area (Å²) in [5, 5.41) is 3.28. The number of hydrogen-bond acceptors (Lipinski definition) is 5. The highest BCUT2D eigenvalue weighted by atomic mass is 19.4. The zero-order chi connectivity index (χ0) is 28.8. The smallest absolute Gasteiger partial charge is 0.340 e. The number of nitrogens with zero attached hydrogens (tertiary/aromatic N) is 4. The molecule has 3 aromatic rings. The molecule has 1 aliphatic carbocycles. The molecule has 0 radical (unpaired) electrons. The van der Waals surface area contributed by atoms with Gasteiger partial charge in [0.25, 0.3) is 0 Å². The van der Waals surface area contributed by atoms with Crippen LogP contribution in [0.2, 0.25) is 0 Å². The number of carbonyl (C=O) groups is 1. The number of alkyl halides is 3. The van der Waals surface area contributed by atoms with Gasteiger partial charge in [0.05, 0.1) is 5.56 Å². The Labute approximate surface area is 239 Å². The van der Waals surface area contributed by atoms with Crippen molar-refractivity contribution in [2.75, 3.05) is 18.4 Å². The molecule has 41 heavy (non-hydrogen) atoms. The third kappa shape index (κ3) is 7.73. The summed E-state index contributed by atoms with van der Waals surface area (Å²) in [6, 6.07) is 13.3. The van der Waals surface area contributed by atoms with Crippen molar-refractivity contribution in [2.45, 2.75) is 70.3 Å². The van der Waals surface area contributed by atoms with E-state index in [1.807, 2.05) is 36.1 Å². The van der Waals surface area contributed by atoms with Gasteiger partial charge in [-0.15, -0.1) is 0 Å². The van der Waals surface area contributed by atoms with Gasteiger partial charge in [-0.3, -0.25) is 9.78 Å². The summed E-state index contributed by atoms with van der Waals surface area (Å²) < 4.78 is 38.8. The van der Waals surface area contributed by atoms with Gasteiger partial charge < -0.3 is 15.1 Å². The lowest BCUT2D eigenvalue weighted by Gasteiger charge is -2.40. The van der Waals surface area contributed by atoms with E-state index in [-0.39, 0.29) is 11.9 Å². The minimum Gasteiger partial charge on any atom is -0.340 e. The molecule has 2 aliphatic rings. The quantitative estimate of drug-likeness (QED) is 0.299. The van der Waals surface area contributed by atoms with E-state index in [0.29, 0.717) is 24.0 Å². The zero-order valence-electron chi connectivity index (χ0n) is 23.3. The average molecular weight is 564 g/mol. The molecule has 0 atom stereocenters. The molecule has 9 heteroatoms. The number of benzene rings is 1. The molecular formula is C32H36F3N5O. The Morgan fingerprint density at radius 1 is 1.02 bits per heavy atom. The number of rotatable bonds is 8. The first-order valence-electron chi connectivity index (χ1n) is 14.3. The van der Waals surface area contributed by atoms with Gasteiger partial charge in [-0.1, -0.05) is 31.0 Å². The molecule has 1 amide bonds. The van der Waals surface area contributed by atoms with E-state index in [9.17, 15) is 18.0 Å². The molecule has 1 N–H and O–H groups in total. The molecule has 1 aliphatic heterocycles. The number of anilines is 2. The Kier molecular flexibility index (Phi) is 9.03. The van der Waals surface area contributed by atoms with E-state index in [2.05, 4.69) is 20.2 Å². The van der Waals surface area contributed by atoms with Crippen LogP contribution in [0.5, 0.6) is 0 Å². The second-order valence-electron chi connectivity index (χ2n) is 11.0. The van der Waals surface area contributed by atoms with Gasteiger partial charge in [-0.05, 0) is 80.1 Å². The van der Waals surface area contributed by atoms with Crippen LogP contribution in [0.4, 0.5) is 24.7 Å². The first-order chi connectivity index (χ1) is 19.7. The number of halogens is 3. The fourth-order valence-corrected chi connectivity index (χ4v) is 5.83. The predicted octanol–water partition coefficient (Wildman–Crippen LogP) is 7.00. The summed E-state index contributed by atoms with van der Waals surface area (Å²) >= 11 is 0. The first kappa shape index (κ1) is 28.8. The number of aromatic nitrogens is 2. The molecular weight excluding hydrogens is 527 g/mol. The second-order valence-corrected chi connectivity index (χ2v) is 11.0. The van der Waals surface area contributed by atoms with Crippen molar-refractivity contribution in [3.63, 3.8) is 0 Å². The van der Waals surface area contributed by atoms with E-state index in [1.165, 1.54) is 43.9 Å². The van der Waals surface area contributed by atoms with Crippen LogP contribution < -0.4 is 5.32 Å². The van der Waals surface area contributed by atoms with Crippen molar-refractivity contribution in [3.05, 3.63) is 89.4 Å². The molecule has 0 spiro atoms. The van der Waals surface area contributed by atoms with Gasteiger partial charge in [0.1, 0.15) is 5.82 Å². The number of amides is 1. The number of pyridine rings is 2. The Balaban J connectivity index is 1.28. The molecule has 3 heterocycles. The monoisotopic (exact) mass is 563 g/mol. The molecule has 2 aromatic heterocycles. The van der Waals surface area contributed by atoms with Crippen LogP contribution in [0.15, 0.2) is 67.0 Å². The van der Waals surface area contributed by atoms with E-state index < -0.39 is 11.7 Å². The minimum atomic E-state index is -4.39. The summed E-state index contributed by atoms with van der Waals surface area (Å²) in [6.45, 7) is 4.27. The fraction of sp³-hybridized carbons (Fsp3) is 0.406. The van der Waals surface area contributed by atoms with Gasteiger partial charge >= 0.3 is 6.18 Å². The highest BCUT2D eigenvalue weighted by molar-refractivity contribution is 5.92.